The van der Waals surface area contributed by atoms with E-state index in [0.29, 0.717) is 22.6 Å². The van der Waals surface area contributed by atoms with E-state index < -0.39 is 0 Å². The van der Waals surface area contributed by atoms with E-state index in [-0.39, 0.29) is 24.6 Å². The van der Waals surface area contributed by atoms with E-state index in [2.05, 4.69) is 9.97 Å². The van der Waals surface area contributed by atoms with Crippen LogP contribution in [-0.4, -0.2) is 35.0 Å². The predicted octanol–water partition coefficient (Wildman–Crippen LogP) is 4.40. The monoisotopic (exact) mass is 457 g/mol. The summed E-state index contributed by atoms with van der Waals surface area (Å²) < 4.78 is 10.7. The van der Waals surface area contributed by atoms with E-state index in [4.69, 9.17) is 9.47 Å². The summed E-state index contributed by atoms with van der Waals surface area (Å²) in [7, 11) is 3.07. The lowest BCUT2D eigenvalue weighted by Crippen LogP contribution is -2.32. The molecule has 0 atom stereocenters. The van der Waals surface area contributed by atoms with Crippen molar-refractivity contribution in [3.05, 3.63) is 99.1 Å². The van der Waals surface area contributed by atoms with Crippen LogP contribution in [-0.2, 0) is 13.1 Å². The highest BCUT2D eigenvalue weighted by Gasteiger charge is 2.21. The van der Waals surface area contributed by atoms with E-state index in [1.54, 1.807) is 35.5 Å². The summed E-state index contributed by atoms with van der Waals surface area (Å²) in [6, 6.07) is 14.7. The number of pyridine rings is 2. The fourth-order valence-electron chi connectivity index (χ4n) is 3.97. The van der Waals surface area contributed by atoms with Crippen LogP contribution in [0.2, 0.25) is 0 Å². The molecule has 2 heterocycles. The Kier molecular flexibility index (Phi) is 6.63. The second kappa shape index (κ2) is 9.79. The van der Waals surface area contributed by atoms with Gasteiger partial charge in [-0.15, -0.1) is 0 Å². The molecule has 7 nitrogen and oxygen atoms in total. The zero-order valence-electron chi connectivity index (χ0n) is 19.7. The van der Waals surface area contributed by atoms with Crippen molar-refractivity contribution in [1.29, 1.82) is 0 Å². The van der Waals surface area contributed by atoms with Gasteiger partial charge in [0.1, 0.15) is 11.5 Å². The Hall–Kier alpha value is -4.13. The molecule has 7 heteroatoms. The maximum Gasteiger partial charge on any atom is 0.254 e. The second-order valence-corrected chi connectivity index (χ2v) is 8.24. The first-order valence-electron chi connectivity index (χ1n) is 10.9. The largest absolute Gasteiger partial charge is 0.497 e. The summed E-state index contributed by atoms with van der Waals surface area (Å²) in [6.07, 6.45) is 3.40. The zero-order valence-corrected chi connectivity index (χ0v) is 19.7. The van der Waals surface area contributed by atoms with E-state index in [9.17, 15) is 9.59 Å². The number of fused-ring (bicyclic) bond motifs is 1. The Morgan fingerprint density at radius 3 is 2.32 bits per heavy atom. The van der Waals surface area contributed by atoms with Crippen molar-refractivity contribution in [3.8, 4) is 11.5 Å². The van der Waals surface area contributed by atoms with Crippen LogP contribution in [0.25, 0.3) is 10.9 Å². The normalized spacial score (nSPS) is 10.8. The zero-order chi connectivity index (χ0) is 24.2. The number of carbonyl (C=O) groups is 1. The van der Waals surface area contributed by atoms with E-state index in [0.717, 1.165) is 27.6 Å². The number of aromatic nitrogens is 2. The Bertz CT molecular complexity index is 1370. The molecule has 2 aromatic heterocycles. The molecular weight excluding hydrogens is 430 g/mol. The summed E-state index contributed by atoms with van der Waals surface area (Å²) in [6.45, 7) is 4.39. The molecule has 174 valence electrons. The Morgan fingerprint density at radius 2 is 1.68 bits per heavy atom. The highest BCUT2D eigenvalue weighted by Crippen LogP contribution is 2.25. The minimum Gasteiger partial charge on any atom is -0.497 e. The van der Waals surface area contributed by atoms with Crippen molar-refractivity contribution in [2.75, 3.05) is 14.2 Å². The predicted molar refractivity (Wildman–Crippen MR) is 131 cm³/mol. The number of hydrogen-bond donors (Lipinski definition) is 1. The van der Waals surface area contributed by atoms with Crippen molar-refractivity contribution in [2.24, 2.45) is 0 Å². The molecule has 1 amide bonds. The molecule has 0 saturated carbocycles. The second-order valence-electron chi connectivity index (χ2n) is 8.24. The first kappa shape index (κ1) is 23.0. The van der Waals surface area contributed by atoms with Gasteiger partial charge in [0.15, 0.2) is 0 Å². The lowest BCUT2D eigenvalue weighted by atomic mass is 10.0. The van der Waals surface area contributed by atoms with Gasteiger partial charge in [-0.1, -0.05) is 18.2 Å². The van der Waals surface area contributed by atoms with Crippen LogP contribution in [0, 0.1) is 13.8 Å². The van der Waals surface area contributed by atoms with Crippen LogP contribution in [0.4, 0.5) is 0 Å². The third kappa shape index (κ3) is 4.78. The van der Waals surface area contributed by atoms with Crippen molar-refractivity contribution in [3.63, 3.8) is 0 Å². The fourth-order valence-corrected chi connectivity index (χ4v) is 3.97. The van der Waals surface area contributed by atoms with Gasteiger partial charge in [-0.2, -0.15) is 0 Å². The molecule has 0 radical (unpaired) electrons. The van der Waals surface area contributed by atoms with Crippen molar-refractivity contribution < 1.29 is 14.3 Å². The van der Waals surface area contributed by atoms with Gasteiger partial charge in [-0.05, 0) is 54.8 Å². The Labute approximate surface area is 198 Å². The van der Waals surface area contributed by atoms with Gasteiger partial charge >= 0.3 is 0 Å². The standard InChI is InChI=1S/C27H27N3O4/c1-17-7-8-18(2)25-24(17)12-21(26(31)29-25)16-30(15-19-6-5-9-28-14-19)27(32)20-10-22(33-3)13-23(11-20)34-4/h5-14H,15-16H2,1-4H3,(H,29,31). The van der Waals surface area contributed by atoms with Gasteiger partial charge in [0.2, 0.25) is 0 Å². The number of rotatable bonds is 7. The summed E-state index contributed by atoms with van der Waals surface area (Å²) in [5.74, 6) is 0.777. The van der Waals surface area contributed by atoms with E-state index in [1.165, 1.54) is 14.2 Å². The number of ether oxygens (including phenoxy) is 2. The van der Waals surface area contributed by atoms with Crippen LogP contribution in [0.15, 0.2) is 65.7 Å². The molecule has 4 aromatic rings. The average Bonchev–Trinajstić information content (AvgIpc) is 2.86. The van der Waals surface area contributed by atoms with E-state index >= 15 is 0 Å². The number of amides is 1. The number of benzene rings is 2. The number of nitrogens with zero attached hydrogens (tertiary/aromatic N) is 2. The molecule has 0 bridgehead atoms. The number of carbonyl (C=O) groups excluding carboxylic acids is 1. The van der Waals surface area contributed by atoms with Crippen LogP contribution in [0.1, 0.15) is 32.6 Å². The number of hydrogen-bond acceptors (Lipinski definition) is 5. The summed E-state index contributed by atoms with van der Waals surface area (Å²) in [5, 5.41) is 0.964. The molecule has 1 N–H and O–H groups in total. The summed E-state index contributed by atoms with van der Waals surface area (Å²) >= 11 is 0. The highest BCUT2D eigenvalue weighted by molar-refractivity contribution is 5.95. The molecule has 34 heavy (non-hydrogen) atoms. The molecule has 0 fully saturated rings. The molecule has 0 unspecified atom stereocenters. The molecule has 0 aliphatic heterocycles. The minimum absolute atomic E-state index is 0.131. The van der Waals surface area contributed by atoms with E-state index in [1.807, 2.05) is 44.2 Å². The number of aryl methyl sites for hydroxylation is 2. The van der Waals surface area contributed by atoms with Gasteiger partial charge in [-0.3, -0.25) is 14.6 Å². The maximum absolute atomic E-state index is 13.7. The van der Waals surface area contributed by atoms with Gasteiger partial charge in [0.25, 0.3) is 11.5 Å². The number of aromatic amines is 1. The van der Waals surface area contributed by atoms with Gasteiger partial charge in [-0.25, -0.2) is 0 Å². The lowest BCUT2D eigenvalue weighted by molar-refractivity contribution is 0.0728. The Balaban J connectivity index is 1.77. The van der Waals surface area contributed by atoms with Crippen molar-refractivity contribution in [1.82, 2.24) is 14.9 Å². The minimum atomic E-state index is -0.249. The number of H-pyrrole nitrogens is 1. The highest BCUT2D eigenvalue weighted by atomic mass is 16.5. The van der Waals surface area contributed by atoms with Crippen molar-refractivity contribution in [2.45, 2.75) is 26.9 Å². The first-order valence-corrected chi connectivity index (χ1v) is 10.9. The lowest BCUT2D eigenvalue weighted by Gasteiger charge is -2.23. The molecule has 0 spiro atoms. The quantitative estimate of drug-likeness (QED) is 0.445. The number of methoxy groups -OCH3 is 2. The molecule has 4 rings (SSSR count). The van der Waals surface area contributed by atoms with Gasteiger partial charge < -0.3 is 19.4 Å². The Morgan fingerprint density at radius 1 is 0.971 bits per heavy atom. The summed E-state index contributed by atoms with van der Waals surface area (Å²) in [4.78, 5) is 35.5. The topological polar surface area (TPSA) is 84.5 Å². The first-order chi connectivity index (χ1) is 16.4. The maximum atomic E-state index is 13.7. The fraction of sp³-hybridized carbons (Fsp3) is 0.222. The average molecular weight is 458 g/mol. The molecule has 0 aliphatic carbocycles. The third-order valence-corrected chi connectivity index (χ3v) is 5.86. The SMILES string of the molecule is COc1cc(OC)cc(C(=O)N(Cc2cccnc2)Cc2cc3c(C)ccc(C)c3[nH]c2=O)c1. The number of nitrogens with one attached hydrogen (secondary N) is 1. The van der Waals surface area contributed by atoms with Crippen LogP contribution < -0.4 is 15.0 Å². The van der Waals surface area contributed by atoms with Crippen LogP contribution in [0.3, 0.4) is 0 Å². The van der Waals surface area contributed by atoms with Crippen LogP contribution in [0.5, 0.6) is 11.5 Å². The molecular formula is C27H27N3O4. The van der Waals surface area contributed by atoms with Crippen LogP contribution >= 0.6 is 0 Å². The smallest absolute Gasteiger partial charge is 0.254 e. The molecule has 0 saturated heterocycles. The van der Waals surface area contributed by atoms with Gasteiger partial charge in [0, 0.05) is 41.5 Å². The van der Waals surface area contributed by atoms with Crippen molar-refractivity contribution >= 4 is 16.8 Å². The molecule has 2 aromatic carbocycles. The third-order valence-electron chi connectivity index (χ3n) is 5.86. The molecule has 0 aliphatic rings. The van der Waals surface area contributed by atoms with Gasteiger partial charge in [0.05, 0.1) is 26.3 Å². The summed E-state index contributed by atoms with van der Waals surface area (Å²) in [5.41, 5.74) is 4.43.